The second-order valence-corrected chi connectivity index (χ2v) is 7.11. The van der Waals surface area contributed by atoms with E-state index in [1.54, 1.807) is 6.92 Å². The standard InChI is InChI=1S/C18H30N2O3/c1-13(10-16(22)15-8-6-5-7-9-15)20-17(23)19-12-18(3,4)11-14(2)21/h5-9,13-14,16,21-22H,10-12H2,1-4H3,(H2,19,20,23). The van der Waals surface area contributed by atoms with E-state index in [2.05, 4.69) is 10.6 Å². The highest BCUT2D eigenvalue weighted by Gasteiger charge is 2.21. The largest absolute Gasteiger partial charge is 0.393 e. The summed E-state index contributed by atoms with van der Waals surface area (Å²) < 4.78 is 0. The van der Waals surface area contributed by atoms with Crippen LogP contribution in [0.2, 0.25) is 0 Å². The molecule has 1 aromatic rings. The zero-order chi connectivity index (χ0) is 17.5. The maximum atomic E-state index is 11.9. The monoisotopic (exact) mass is 322 g/mol. The van der Waals surface area contributed by atoms with E-state index in [1.165, 1.54) is 0 Å². The van der Waals surface area contributed by atoms with E-state index in [0.717, 1.165) is 5.56 Å². The molecule has 23 heavy (non-hydrogen) atoms. The normalized spacial score (nSPS) is 15.6. The summed E-state index contributed by atoms with van der Waals surface area (Å²) in [7, 11) is 0. The van der Waals surface area contributed by atoms with Gasteiger partial charge < -0.3 is 20.8 Å². The average Bonchev–Trinajstić information content (AvgIpc) is 2.44. The molecule has 0 saturated carbocycles. The molecule has 0 saturated heterocycles. The fraction of sp³-hybridized carbons (Fsp3) is 0.611. The zero-order valence-electron chi connectivity index (χ0n) is 14.5. The second-order valence-electron chi connectivity index (χ2n) is 7.11. The Morgan fingerprint density at radius 1 is 1.17 bits per heavy atom. The van der Waals surface area contributed by atoms with E-state index < -0.39 is 12.2 Å². The van der Waals surface area contributed by atoms with Crippen molar-refractivity contribution in [2.24, 2.45) is 5.41 Å². The van der Waals surface area contributed by atoms with E-state index in [9.17, 15) is 15.0 Å². The van der Waals surface area contributed by atoms with Crippen molar-refractivity contribution in [3.05, 3.63) is 35.9 Å². The van der Waals surface area contributed by atoms with Crippen LogP contribution in [0.1, 0.15) is 52.2 Å². The first-order chi connectivity index (χ1) is 10.7. The number of urea groups is 1. The van der Waals surface area contributed by atoms with Gasteiger partial charge in [0.05, 0.1) is 12.2 Å². The Morgan fingerprint density at radius 3 is 2.35 bits per heavy atom. The Bertz CT molecular complexity index is 474. The zero-order valence-corrected chi connectivity index (χ0v) is 14.5. The van der Waals surface area contributed by atoms with Gasteiger partial charge in [-0.3, -0.25) is 0 Å². The molecule has 0 aliphatic rings. The molecule has 0 bridgehead atoms. The van der Waals surface area contributed by atoms with Gasteiger partial charge in [0.1, 0.15) is 0 Å². The SMILES string of the molecule is CC(O)CC(C)(C)CNC(=O)NC(C)CC(O)c1ccccc1. The van der Waals surface area contributed by atoms with E-state index in [-0.39, 0.29) is 17.5 Å². The van der Waals surface area contributed by atoms with Crippen LogP contribution in [-0.2, 0) is 0 Å². The number of carbonyl (C=O) groups excluding carboxylic acids is 1. The van der Waals surface area contributed by atoms with Gasteiger partial charge in [-0.2, -0.15) is 0 Å². The third-order valence-corrected chi connectivity index (χ3v) is 3.71. The lowest BCUT2D eigenvalue weighted by Crippen LogP contribution is -2.45. The minimum Gasteiger partial charge on any atom is -0.393 e. The summed E-state index contributed by atoms with van der Waals surface area (Å²) in [5, 5.41) is 25.3. The summed E-state index contributed by atoms with van der Waals surface area (Å²) in [5.74, 6) is 0. The van der Waals surface area contributed by atoms with Gasteiger partial charge in [-0.15, -0.1) is 0 Å². The quantitative estimate of drug-likeness (QED) is 0.594. The highest BCUT2D eigenvalue weighted by molar-refractivity contribution is 5.74. The second kappa shape index (κ2) is 8.89. The highest BCUT2D eigenvalue weighted by atomic mass is 16.3. The molecule has 0 heterocycles. The Labute approximate surface area is 139 Å². The molecule has 5 heteroatoms. The number of hydrogen-bond donors (Lipinski definition) is 4. The van der Waals surface area contributed by atoms with E-state index in [0.29, 0.717) is 19.4 Å². The summed E-state index contributed by atoms with van der Waals surface area (Å²) >= 11 is 0. The van der Waals surface area contributed by atoms with Gasteiger partial charge in [0.15, 0.2) is 0 Å². The van der Waals surface area contributed by atoms with Crippen LogP contribution in [0.4, 0.5) is 4.79 Å². The molecular weight excluding hydrogens is 292 g/mol. The van der Waals surface area contributed by atoms with Crippen LogP contribution in [-0.4, -0.2) is 34.9 Å². The van der Waals surface area contributed by atoms with E-state index in [4.69, 9.17) is 0 Å². The van der Waals surface area contributed by atoms with Gasteiger partial charge in [-0.1, -0.05) is 44.2 Å². The maximum Gasteiger partial charge on any atom is 0.315 e. The molecule has 2 amide bonds. The molecule has 1 aromatic carbocycles. The summed E-state index contributed by atoms with van der Waals surface area (Å²) in [6.07, 6.45) is 0.0809. The Kier molecular flexibility index (Phi) is 7.52. The first kappa shape index (κ1) is 19.5. The van der Waals surface area contributed by atoms with Crippen molar-refractivity contribution < 1.29 is 15.0 Å². The van der Waals surface area contributed by atoms with Crippen LogP contribution in [0, 0.1) is 5.41 Å². The van der Waals surface area contributed by atoms with Gasteiger partial charge in [0, 0.05) is 12.6 Å². The number of aliphatic hydroxyl groups excluding tert-OH is 2. The predicted octanol–water partition coefficient (Wildman–Crippen LogP) is 2.59. The van der Waals surface area contributed by atoms with Gasteiger partial charge in [-0.05, 0) is 37.7 Å². The molecule has 3 unspecified atom stereocenters. The minimum absolute atomic E-state index is 0.148. The number of benzene rings is 1. The molecule has 0 fully saturated rings. The third-order valence-electron chi connectivity index (χ3n) is 3.71. The Hall–Kier alpha value is -1.59. The first-order valence-electron chi connectivity index (χ1n) is 8.15. The lowest BCUT2D eigenvalue weighted by atomic mass is 9.87. The van der Waals surface area contributed by atoms with Gasteiger partial charge in [0.2, 0.25) is 0 Å². The van der Waals surface area contributed by atoms with Crippen LogP contribution in [0.15, 0.2) is 30.3 Å². The Balaban J connectivity index is 2.36. The Morgan fingerprint density at radius 2 is 1.78 bits per heavy atom. The summed E-state index contributed by atoms with van der Waals surface area (Å²) in [5.41, 5.74) is 0.679. The number of aliphatic hydroxyl groups is 2. The lowest BCUT2D eigenvalue weighted by molar-refractivity contribution is 0.128. The highest BCUT2D eigenvalue weighted by Crippen LogP contribution is 2.21. The number of nitrogens with one attached hydrogen (secondary N) is 2. The molecule has 0 aromatic heterocycles. The molecule has 0 spiro atoms. The smallest absolute Gasteiger partial charge is 0.315 e. The molecule has 0 aliphatic carbocycles. The number of carbonyl (C=O) groups is 1. The fourth-order valence-electron chi connectivity index (χ4n) is 2.67. The van der Waals surface area contributed by atoms with Crippen LogP contribution in [0.5, 0.6) is 0 Å². The molecule has 4 N–H and O–H groups in total. The van der Waals surface area contributed by atoms with Crippen molar-refractivity contribution in [3.8, 4) is 0 Å². The molecule has 130 valence electrons. The average molecular weight is 322 g/mol. The topological polar surface area (TPSA) is 81.6 Å². The van der Waals surface area contributed by atoms with Crippen molar-refractivity contribution in [3.63, 3.8) is 0 Å². The van der Waals surface area contributed by atoms with E-state index >= 15 is 0 Å². The molecule has 3 atom stereocenters. The number of amides is 2. The van der Waals surface area contributed by atoms with Gasteiger partial charge >= 0.3 is 6.03 Å². The predicted molar refractivity (Wildman–Crippen MR) is 92.1 cm³/mol. The third kappa shape index (κ3) is 8.00. The molecule has 1 rings (SSSR count). The van der Waals surface area contributed by atoms with Crippen LogP contribution >= 0.6 is 0 Å². The molecular formula is C18H30N2O3. The van der Waals surface area contributed by atoms with Crippen molar-refractivity contribution in [1.82, 2.24) is 10.6 Å². The first-order valence-corrected chi connectivity index (χ1v) is 8.15. The minimum atomic E-state index is -0.599. The van der Waals surface area contributed by atoms with Crippen LogP contribution < -0.4 is 10.6 Å². The van der Waals surface area contributed by atoms with Gasteiger partial charge in [-0.25, -0.2) is 4.79 Å². The summed E-state index contributed by atoms with van der Waals surface area (Å²) in [4.78, 5) is 11.9. The summed E-state index contributed by atoms with van der Waals surface area (Å²) in [6.45, 7) is 8.10. The van der Waals surface area contributed by atoms with Gasteiger partial charge in [0.25, 0.3) is 0 Å². The van der Waals surface area contributed by atoms with Crippen molar-refractivity contribution >= 4 is 6.03 Å². The fourth-order valence-corrected chi connectivity index (χ4v) is 2.67. The summed E-state index contributed by atoms with van der Waals surface area (Å²) in [6, 6.07) is 9.01. The van der Waals surface area contributed by atoms with Crippen molar-refractivity contribution in [2.75, 3.05) is 6.54 Å². The van der Waals surface area contributed by atoms with Crippen molar-refractivity contribution in [1.29, 1.82) is 0 Å². The molecule has 0 radical (unpaired) electrons. The van der Waals surface area contributed by atoms with Crippen molar-refractivity contribution in [2.45, 2.75) is 58.8 Å². The van der Waals surface area contributed by atoms with Crippen LogP contribution in [0.25, 0.3) is 0 Å². The van der Waals surface area contributed by atoms with Crippen LogP contribution in [0.3, 0.4) is 0 Å². The lowest BCUT2D eigenvalue weighted by Gasteiger charge is -2.27. The number of rotatable bonds is 8. The van der Waals surface area contributed by atoms with E-state index in [1.807, 2.05) is 51.1 Å². The maximum absolute atomic E-state index is 11.9. The number of hydrogen-bond acceptors (Lipinski definition) is 3. The molecule has 0 aliphatic heterocycles. The molecule has 5 nitrogen and oxygen atoms in total.